The van der Waals surface area contributed by atoms with Crippen LogP contribution in [0, 0.1) is 0 Å². The van der Waals surface area contributed by atoms with E-state index < -0.39 is 0 Å². The molecule has 1 fully saturated rings. The first-order chi connectivity index (χ1) is 12.6. The van der Waals surface area contributed by atoms with Crippen molar-refractivity contribution in [3.05, 3.63) is 59.8 Å². The molecule has 0 radical (unpaired) electrons. The number of amides is 2. The molecule has 0 unspecified atom stereocenters. The summed E-state index contributed by atoms with van der Waals surface area (Å²) in [5.74, 6) is 0.752. The fourth-order valence-electron chi connectivity index (χ4n) is 3.05. The maximum absolute atomic E-state index is 12.7. The number of rotatable bonds is 5. The number of nitrogens with zero attached hydrogens (tertiary/aromatic N) is 3. The third-order valence-corrected chi connectivity index (χ3v) is 4.58. The quantitative estimate of drug-likeness (QED) is 0.894. The van der Waals surface area contributed by atoms with Crippen molar-refractivity contribution in [2.24, 2.45) is 0 Å². The van der Waals surface area contributed by atoms with Gasteiger partial charge in [0.15, 0.2) is 0 Å². The number of piperazine rings is 1. The first kappa shape index (κ1) is 17.9. The molecule has 1 aliphatic rings. The Balaban J connectivity index is 1.55. The Morgan fingerprint density at radius 1 is 1.04 bits per heavy atom. The minimum absolute atomic E-state index is 0.0123. The fourth-order valence-corrected chi connectivity index (χ4v) is 3.05. The summed E-state index contributed by atoms with van der Waals surface area (Å²) in [5.41, 5.74) is 1.88. The van der Waals surface area contributed by atoms with Gasteiger partial charge in [-0.2, -0.15) is 0 Å². The zero-order chi connectivity index (χ0) is 18.4. The minimum Gasteiger partial charge on any atom is -0.370 e. The molecule has 6 heteroatoms. The third-order valence-electron chi connectivity index (χ3n) is 4.58. The number of pyridine rings is 1. The Kier molecular flexibility index (Phi) is 5.84. The predicted octanol–water partition coefficient (Wildman–Crippen LogP) is 2.04. The van der Waals surface area contributed by atoms with Gasteiger partial charge in [0.2, 0.25) is 5.91 Å². The maximum atomic E-state index is 12.7. The first-order valence-corrected chi connectivity index (χ1v) is 8.92. The van der Waals surface area contributed by atoms with Crippen LogP contribution in [0.15, 0.2) is 48.7 Å². The zero-order valence-corrected chi connectivity index (χ0v) is 15.0. The Morgan fingerprint density at radius 2 is 1.73 bits per heavy atom. The Morgan fingerprint density at radius 3 is 2.42 bits per heavy atom. The van der Waals surface area contributed by atoms with Crippen LogP contribution in [0.25, 0.3) is 0 Å². The van der Waals surface area contributed by atoms with E-state index in [4.69, 9.17) is 0 Å². The average Bonchev–Trinajstić information content (AvgIpc) is 2.68. The third kappa shape index (κ3) is 4.59. The molecule has 6 nitrogen and oxygen atoms in total. The van der Waals surface area contributed by atoms with Crippen molar-refractivity contribution in [1.82, 2.24) is 14.8 Å². The monoisotopic (exact) mass is 352 g/mol. The Bertz CT molecular complexity index is 755. The average molecular weight is 352 g/mol. The molecule has 1 aliphatic heterocycles. The van der Waals surface area contributed by atoms with E-state index in [9.17, 15) is 9.59 Å². The van der Waals surface area contributed by atoms with Crippen molar-refractivity contribution in [2.75, 3.05) is 38.0 Å². The highest BCUT2D eigenvalue weighted by Gasteiger charge is 2.23. The van der Waals surface area contributed by atoms with Gasteiger partial charge in [-0.15, -0.1) is 0 Å². The lowest BCUT2D eigenvalue weighted by Gasteiger charge is -2.34. The van der Waals surface area contributed by atoms with E-state index in [1.54, 1.807) is 35.1 Å². The van der Waals surface area contributed by atoms with Crippen LogP contribution in [-0.4, -0.2) is 59.3 Å². The summed E-state index contributed by atoms with van der Waals surface area (Å²) >= 11 is 0. The number of hydrogen-bond acceptors (Lipinski definition) is 4. The zero-order valence-electron chi connectivity index (χ0n) is 15.0. The van der Waals surface area contributed by atoms with Gasteiger partial charge in [-0.25, -0.2) is 4.98 Å². The number of anilines is 1. The normalized spacial score (nSPS) is 14.2. The molecule has 1 saturated heterocycles. The van der Waals surface area contributed by atoms with Gasteiger partial charge in [0, 0.05) is 51.4 Å². The second-order valence-electron chi connectivity index (χ2n) is 6.39. The van der Waals surface area contributed by atoms with Crippen LogP contribution in [0.1, 0.15) is 22.8 Å². The van der Waals surface area contributed by atoms with Crippen LogP contribution < -0.4 is 5.32 Å². The Labute approximate surface area is 153 Å². The van der Waals surface area contributed by atoms with Crippen LogP contribution in [0.5, 0.6) is 0 Å². The molecule has 26 heavy (non-hydrogen) atoms. The van der Waals surface area contributed by atoms with Gasteiger partial charge >= 0.3 is 0 Å². The number of carbonyl (C=O) groups is 2. The largest absolute Gasteiger partial charge is 0.370 e. The van der Waals surface area contributed by atoms with Gasteiger partial charge in [-0.3, -0.25) is 9.59 Å². The van der Waals surface area contributed by atoms with Gasteiger partial charge in [-0.05, 0) is 24.1 Å². The lowest BCUT2D eigenvalue weighted by atomic mass is 10.1. The molecule has 1 aromatic heterocycles. The van der Waals surface area contributed by atoms with Crippen molar-refractivity contribution in [3.8, 4) is 0 Å². The summed E-state index contributed by atoms with van der Waals surface area (Å²) in [5, 5.41) is 3.28. The van der Waals surface area contributed by atoms with E-state index in [1.807, 2.05) is 18.2 Å². The topological polar surface area (TPSA) is 65.5 Å². The van der Waals surface area contributed by atoms with E-state index in [0.29, 0.717) is 37.6 Å². The number of aromatic nitrogens is 1. The highest BCUT2D eigenvalue weighted by atomic mass is 16.2. The predicted molar refractivity (Wildman–Crippen MR) is 101 cm³/mol. The van der Waals surface area contributed by atoms with Crippen LogP contribution in [-0.2, 0) is 11.2 Å². The van der Waals surface area contributed by atoms with Gasteiger partial charge < -0.3 is 15.1 Å². The van der Waals surface area contributed by atoms with Gasteiger partial charge in [0.05, 0.1) is 0 Å². The number of hydrogen-bond donors (Lipinski definition) is 1. The molecule has 0 atom stereocenters. The fraction of sp³-hybridized carbons (Fsp3) is 0.350. The van der Waals surface area contributed by atoms with Crippen LogP contribution in [0.2, 0.25) is 0 Å². The van der Waals surface area contributed by atoms with Crippen molar-refractivity contribution in [1.29, 1.82) is 0 Å². The summed E-state index contributed by atoms with van der Waals surface area (Å²) in [6.45, 7) is 4.64. The number of benzene rings is 1. The summed E-state index contributed by atoms with van der Waals surface area (Å²) in [4.78, 5) is 32.0. The van der Waals surface area contributed by atoms with Crippen LogP contribution in [0.3, 0.4) is 0 Å². The molecule has 2 heterocycles. The summed E-state index contributed by atoms with van der Waals surface area (Å²) in [7, 11) is 0. The summed E-state index contributed by atoms with van der Waals surface area (Å²) < 4.78 is 0. The van der Waals surface area contributed by atoms with E-state index in [-0.39, 0.29) is 11.8 Å². The number of carbonyl (C=O) groups excluding carboxylic acids is 2. The van der Waals surface area contributed by atoms with Crippen molar-refractivity contribution < 1.29 is 9.59 Å². The maximum Gasteiger partial charge on any atom is 0.254 e. The summed E-state index contributed by atoms with van der Waals surface area (Å²) in [6, 6.07) is 13.8. The molecule has 1 aromatic carbocycles. The molecule has 3 rings (SSSR count). The number of nitrogens with one attached hydrogen (secondary N) is 1. The lowest BCUT2D eigenvalue weighted by molar-refractivity contribution is -0.130. The molecule has 0 bridgehead atoms. The lowest BCUT2D eigenvalue weighted by Crippen LogP contribution is -2.50. The molecule has 2 aromatic rings. The molecular weight excluding hydrogens is 328 g/mol. The molecule has 0 spiro atoms. The molecule has 2 amide bonds. The SMILES string of the molecule is CC(=O)N1CCN(C(=O)c2ccnc(NCCc3ccccc3)c2)CC1. The molecule has 0 aliphatic carbocycles. The van der Waals surface area contributed by atoms with E-state index in [1.165, 1.54) is 5.56 Å². The Hall–Kier alpha value is -2.89. The first-order valence-electron chi connectivity index (χ1n) is 8.92. The van der Waals surface area contributed by atoms with Crippen molar-refractivity contribution in [3.63, 3.8) is 0 Å². The van der Waals surface area contributed by atoms with E-state index >= 15 is 0 Å². The van der Waals surface area contributed by atoms with Crippen LogP contribution >= 0.6 is 0 Å². The standard InChI is InChI=1S/C20H24N4O2/c1-16(25)23-11-13-24(14-12-23)20(26)18-8-10-22-19(15-18)21-9-7-17-5-3-2-4-6-17/h2-6,8,10,15H,7,9,11-14H2,1H3,(H,21,22). The molecule has 1 N–H and O–H groups in total. The highest BCUT2D eigenvalue weighted by molar-refractivity contribution is 5.95. The molecule has 136 valence electrons. The summed E-state index contributed by atoms with van der Waals surface area (Å²) in [6.07, 6.45) is 2.55. The van der Waals surface area contributed by atoms with Crippen LogP contribution in [0.4, 0.5) is 5.82 Å². The van der Waals surface area contributed by atoms with Gasteiger partial charge in [-0.1, -0.05) is 30.3 Å². The smallest absolute Gasteiger partial charge is 0.254 e. The second-order valence-corrected chi connectivity index (χ2v) is 6.39. The molecular formula is C20H24N4O2. The highest BCUT2D eigenvalue weighted by Crippen LogP contribution is 2.12. The van der Waals surface area contributed by atoms with E-state index in [0.717, 1.165) is 13.0 Å². The van der Waals surface area contributed by atoms with E-state index in [2.05, 4.69) is 22.4 Å². The van der Waals surface area contributed by atoms with Crippen molar-refractivity contribution in [2.45, 2.75) is 13.3 Å². The van der Waals surface area contributed by atoms with Gasteiger partial charge in [0.25, 0.3) is 5.91 Å². The van der Waals surface area contributed by atoms with Crippen molar-refractivity contribution >= 4 is 17.6 Å². The minimum atomic E-state index is -0.0123. The van der Waals surface area contributed by atoms with Gasteiger partial charge in [0.1, 0.15) is 5.82 Å². The molecule has 0 saturated carbocycles. The second kappa shape index (κ2) is 8.47.